The highest BCUT2D eigenvalue weighted by Gasteiger charge is 2.10. The third-order valence-electron chi connectivity index (χ3n) is 3.92. The fourth-order valence-electron chi connectivity index (χ4n) is 2.75. The van der Waals surface area contributed by atoms with E-state index < -0.39 is 0 Å². The Hall–Kier alpha value is -2.33. The van der Waals surface area contributed by atoms with Crippen LogP contribution in [0.2, 0.25) is 0 Å². The van der Waals surface area contributed by atoms with Gasteiger partial charge >= 0.3 is 0 Å². The Bertz CT molecular complexity index is 679. The van der Waals surface area contributed by atoms with E-state index in [0.717, 1.165) is 17.5 Å². The molecule has 0 bridgehead atoms. The van der Waals surface area contributed by atoms with Crippen LogP contribution in [0, 0.1) is 6.92 Å². The van der Waals surface area contributed by atoms with Gasteiger partial charge in [-0.25, -0.2) is 0 Å². The SMILES string of the molecule is CCc1cc(C)ccc1-c1ccc(OCCO)c(CCOC=O)c1. The van der Waals surface area contributed by atoms with Gasteiger partial charge in [0, 0.05) is 6.42 Å². The Kier molecular flexibility index (Phi) is 6.82. The zero-order chi connectivity index (χ0) is 17.4. The molecule has 0 heterocycles. The molecule has 0 fully saturated rings. The van der Waals surface area contributed by atoms with Crippen LogP contribution in [-0.2, 0) is 22.4 Å². The van der Waals surface area contributed by atoms with Crippen molar-refractivity contribution in [2.75, 3.05) is 19.8 Å². The van der Waals surface area contributed by atoms with Crippen LogP contribution in [0.15, 0.2) is 36.4 Å². The molecular formula is C20H24O4. The number of hydrogen-bond acceptors (Lipinski definition) is 4. The lowest BCUT2D eigenvalue weighted by Gasteiger charge is -2.15. The van der Waals surface area contributed by atoms with E-state index in [9.17, 15) is 4.79 Å². The van der Waals surface area contributed by atoms with Crippen LogP contribution in [0.3, 0.4) is 0 Å². The molecule has 2 aromatic rings. The summed E-state index contributed by atoms with van der Waals surface area (Å²) in [4.78, 5) is 10.4. The molecule has 1 N–H and O–H groups in total. The van der Waals surface area contributed by atoms with Crippen molar-refractivity contribution < 1.29 is 19.4 Å². The maximum atomic E-state index is 10.4. The summed E-state index contributed by atoms with van der Waals surface area (Å²) >= 11 is 0. The van der Waals surface area contributed by atoms with E-state index in [1.807, 2.05) is 12.1 Å². The molecule has 0 aliphatic carbocycles. The largest absolute Gasteiger partial charge is 0.491 e. The molecule has 0 unspecified atom stereocenters. The molecule has 0 aromatic heterocycles. The molecule has 0 atom stereocenters. The molecule has 0 aliphatic rings. The highest BCUT2D eigenvalue weighted by atomic mass is 16.5. The number of aliphatic hydroxyl groups excluding tert-OH is 1. The van der Waals surface area contributed by atoms with Gasteiger partial charge in [0.15, 0.2) is 0 Å². The second kappa shape index (κ2) is 9.08. The molecule has 2 rings (SSSR count). The molecular weight excluding hydrogens is 304 g/mol. The normalized spacial score (nSPS) is 10.5. The minimum absolute atomic E-state index is 0.0377. The van der Waals surface area contributed by atoms with Crippen LogP contribution in [-0.4, -0.2) is 31.4 Å². The molecule has 0 radical (unpaired) electrons. The monoisotopic (exact) mass is 328 g/mol. The summed E-state index contributed by atoms with van der Waals surface area (Å²) in [7, 11) is 0. The maximum Gasteiger partial charge on any atom is 0.293 e. The van der Waals surface area contributed by atoms with Gasteiger partial charge < -0.3 is 14.6 Å². The molecule has 128 valence electrons. The van der Waals surface area contributed by atoms with Crippen LogP contribution < -0.4 is 4.74 Å². The van der Waals surface area contributed by atoms with Crippen LogP contribution >= 0.6 is 0 Å². The van der Waals surface area contributed by atoms with Crippen molar-refractivity contribution in [3.63, 3.8) is 0 Å². The van der Waals surface area contributed by atoms with Crippen LogP contribution in [0.5, 0.6) is 5.75 Å². The van der Waals surface area contributed by atoms with E-state index in [4.69, 9.17) is 14.6 Å². The Morgan fingerprint density at radius 2 is 1.92 bits per heavy atom. The van der Waals surface area contributed by atoms with Crippen LogP contribution in [0.4, 0.5) is 0 Å². The van der Waals surface area contributed by atoms with Gasteiger partial charge in [0.05, 0.1) is 13.2 Å². The van der Waals surface area contributed by atoms with Gasteiger partial charge in [0.2, 0.25) is 0 Å². The third-order valence-corrected chi connectivity index (χ3v) is 3.92. The van der Waals surface area contributed by atoms with Crippen molar-refractivity contribution in [3.05, 3.63) is 53.1 Å². The van der Waals surface area contributed by atoms with Crippen molar-refractivity contribution in [1.29, 1.82) is 0 Å². The molecule has 0 spiro atoms. The summed E-state index contributed by atoms with van der Waals surface area (Å²) in [6.07, 6.45) is 1.53. The predicted molar refractivity (Wildman–Crippen MR) is 94.3 cm³/mol. The molecule has 0 aliphatic heterocycles. The Morgan fingerprint density at radius 3 is 2.62 bits per heavy atom. The minimum Gasteiger partial charge on any atom is -0.491 e. The summed E-state index contributed by atoms with van der Waals surface area (Å²) in [6.45, 7) is 5.20. The number of ether oxygens (including phenoxy) is 2. The van der Waals surface area contributed by atoms with Crippen LogP contribution in [0.1, 0.15) is 23.6 Å². The second-order valence-corrected chi connectivity index (χ2v) is 5.63. The van der Waals surface area contributed by atoms with Crippen LogP contribution in [0.25, 0.3) is 11.1 Å². The smallest absolute Gasteiger partial charge is 0.293 e. The number of aryl methyl sites for hydroxylation is 2. The summed E-state index contributed by atoms with van der Waals surface area (Å²) in [6, 6.07) is 12.5. The maximum absolute atomic E-state index is 10.4. The predicted octanol–water partition coefficient (Wildman–Crippen LogP) is 3.31. The van der Waals surface area contributed by atoms with Crippen molar-refractivity contribution in [2.24, 2.45) is 0 Å². The summed E-state index contributed by atoms with van der Waals surface area (Å²) in [5.74, 6) is 0.715. The van der Waals surface area contributed by atoms with Gasteiger partial charge in [-0.3, -0.25) is 4.79 Å². The lowest BCUT2D eigenvalue weighted by molar-refractivity contribution is -0.128. The van der Waals surface area contributed by atoms with Gasteiger partial charge in [0.25, 0.3) is 6.47 Å². The van der Waals surface area contributed by atoms with E-state index in [1.165, 1.54) is 16.7 Å². The molecule has 4 nitrogen and oxygen atoms in total. The lowest BCUT2D eigenvalue weighted by atomic mass is 9.94. The van der Waals surface area contributed by atoms with E-state index >= 15 is 0 Å². The van der Waals surface area contributed by atoms with E-state index in [-0.39, 0.29) is 13.2 Å². The van der Waals surface area contributed by atoms with E-state index in [1.54, 1.807) is 0 Å². The fourth-order valence-corrected chi connectivity index (χ4v) is 2.75. The number of carbonyl (C=O) groups is 1. The zero-order valence-electron chi connectivity index (χ0n) is 14.2. The van der Waals surface area contributed by atoms with Gasteiger partial charge in [-0.05, 0) is 47.7 Å². The van der Waals surface area contributed by atoms with Crippen molar-refractivity contribution >= 4 is 6.47 Å². The first-order chi connectivity index (χ1) is 11.7. The number of carbonyl (C=O) groups excluding carboxylic acids is 1. The van der Waals surface area contributed by atoms with Gasteiger partial charge in [-0.2, -0.15) is 0 Å². The van der Waals surface area contributed by atoms with Gasteiger partial charge in [0.1, 0.15) is 12.4 Å². The number of hydrogen-bond donors (Lipinski definition) is 1. The Labute approximate surface area is 143 Å². The summed E-state index contributed by atoms with van der Waals surface area (Å²) < 4.78 is 10.4. The number of benzene rings is 2. The molecule has 0 amide bonds. The zero-order valence-corrected chi connectivity index (χ0v) is 14.2. The van der Waals surface area contributed by atoms with Crippen molar-refractivity contribution in [2.45, 2.75) is 26.7 Å². The first-order valence-electron chi connectivity index (χ1n) is 8.21. The number of rotatable bonds is 9. The molecule has 4 heteroatoms. The van der Waals surface area contributed by atoms with Gasteiger partial charge in [-0.1, -0.05) is 36.8 Å². The Balaban J connectivity index is 2.37. The van der Waals surface area contributed by atoms with Crippen molar-refractivity contribution in [1.82, 2.24) is 0 Å². The average molecular weight is 328 g/mol. The first-order valence-corrected chi connectivity index (χ1v) is 8.21. The molecule has 0 saturated heterocycles. The number of aliphatic hydroxyl groups is 1. The first kappa shape index (κ1) is 18.0. The quantitative estimate of drug-likeness (QED) is 0.567. The molecule has 24 heavy (non-hydrogen) atoms. The average Bonchev–Trinajstić information content (AvgIpc) is 2.60. The van der Waals surface area contributed by atoms with Gasteiger partial charge in [-0.15, -0.1) is 0 Å². The fraction of sp³-hybridized carbons (Fsp3) is 0.350. The minimum atomic E-state index is -0.0377. The molecule has 2 aromatic carbocycles. The summed E-state index contributed by atoms with van der Waals surface area (Å²) in [5, 5.41) is 8.96. The lowest BCUT2D eigenvalue weighted by Crippen LogP contribution is -2.06. The highest BCUT2D eigenvalue weighted by molar-refractivity contribution is 5.69. The summed E-state index contributed by atoms with van der Waals surface area (Å²) in [5.41, 5.74) is 5.83. The Morgan fingerprint density at radius 1 is 1.08 bits per heavy atom. The second-order valence-electron chi connectivity index (χ2n) is 5.63. The van der Waals surface area contributed by atoms with E-state index in [0.29, 0.717) is 25.2 Å². The van der Waals surface area contributed by atoms with Crippen molar-refractivity contribution in [3.8, 4) is 16.9 Å². The highest BCUT2D eigenvalue weighted by Crippen LogP contribution is 2.30. The standard InChI is InChI=1S/C20H24O4/c1-3-16-12-15(2)4-6-19(16)17-5-7-20(24-11-9-21)18(13-17)8-10-23-14-22/h4-7,12-14,21H,3,8-11H2,1-2H3. The molecule has 0 saturated carbocycles. The topological polar surface area (TPSA) is 55.8 Å². The van der Waals surface area contributed by atoms with E-state index in [2.05, 4.69) is 38.1 Å². The third kappa shape index (κ3) is 4.59.